The molecule has 0 amide bonds. The fourth-order valence-corrected chi connectivity index (χ4v) is 2.48. The first-order valence-corrected chi connectivity index (χ1v) is 9.60. The first kappa shape index (κ1) is 27.8. The Balaban J connectivity index is 0.000000429. The van der Waals surface area contributed by atoms with Crippen molar-refractivity contribution >= 4 is 17.4 Å². The molecule has 0 saturated carbocycles. The molecule has 0 bridgehead atoms. The van der Waals surface area contributed by atoms with Crippen molar-refractivity contribution < 1.29 is 15.3 Å². The molecule has 0 spiro atoms. The normalized spacial score (nSPS) is 8.90. The number of rotatable bonds is 6. The minimum atomic E-state index is 0. The summed E-state index contributed by atoms with van der Waals surface area (Å²) < 4.78 is 0. The zero-order valence-corrected chi connectivity index (χ0v) is 18.9. The van der Waals surface area contributed by atoms with Crippen LogP contribution in [-0.2, 0) is 19.3 Å². The molecule has 0 aliphatic carbocycles. The maximum atomic E-state index is 11.0. The van der Waals surface area contributed by atoms with Gasteiger partial charge in [-0.1, -0.05) is 108 Å². The van der Waals surface area contributed by atoms with Crippen LogP contribution in [0.2, 0.25) is 0 Å². The van der Waals surface area contributed by atoms with E-state index in [-0.39, 0.29) is 34.6 Å². The van der Waals surface area contributed by atoms with E-state index >= 15 is 0 Å². The predicted molar refractivity (Wildman–Crippen MR) is 125 cm³/mol. The van der Waals surface area contributed by atoms with Crippen LogP contribution in [0.15, 0.2) is 111 Å². The summed E-state index contributed by atoms with van der Waals surface area (Å²) in [7, 11) is 0. The van der Waals surface area contributed by atoms with Gasteiger partial charge in [0.1, 0.15) is 0 Å². The van der Waals surface area contributed by atoms with E-state index in [4.69, 9.17) is 0 Å². The van der Waals surface area contributed by atoms with Gasteiger partial charge in [-0.25, -0.2) is 0 Å². The van der Waals surface area contributed by atoms with Crippen LogP contribution in [0.25, 0.3) is 0 Å². The van der Waals surface area contributed by atoms with Crippen LogP contribution >= 0.6 is 0 Å². The van der Waals surface area contributed by atoms with E-state index in [1.165, 1.54) is 0 Å². The van der Waals surface area contributed by atoms with Gasteiger partial charge in [0, 0.05) is 0 Å². The number of allylic oxidation sites excluding steroid dienone is 3. The van der Waals surface area contributed by atoms with Gasteiger partial charge >= 0.3 is 17.4 Å². The first-order valence-electron chi connectivity index (χ1n) is 9.60. The zero-order chi connectivity index (χ0) is 22.2. The van der Waals surface area contributed by atoms with E-state index in [9.17, 15) is 15.3 Å². The van der Waals surface area contributed by atoms with Gasteiger partial charge in [-0.3, -0.25) is 0 Å². The minimum Gasteiger partial charge on any atom is -0.872 e. The van der Waals surface area contributed by atoms with E-state index in [0.717, 1.165) is 16.7 Å². The van der Waals surface area contributed by atoms with Crippen LogP contribution in [0.4, 0.5) is 0 Å². The summed E-state index contributed by atoms with van der Waals surface area (Å²) in [6.45, 7) is 10.7. The fourth-order valence-electron chi connectivity index (χ4n) is 2.48. The Morgan fingerprint density at radius 2 is 0.710 bits per heavy atom. The van der Waals surface area contributed by atoms with E-state index in [1.54, 1.807) is 54.6 Å². The average Bonchev–Trinajstić information content (AvgIpc) is 2.75. The van der Waals surface area contributed by atoms with Crippen LogP contribution < -0.4 is 15.3 Å². The average molecular weight is 426 g/mol. The molecule has 0 aliphatic heterocycles. The molecule has 3 nitrogen and oxygen atoms in total. The predicted octanol–water partition coefficient (Wildman–Crippen LogP) is 4.09. The van der Waals surface area contributed by atoms with Crippen LogP contribution in [0.1, 0.15) is 16.7 Å². The molecule has 156 valence electrons. The second-order valence-corrected chi connectivity index (χ2v) is 6.30. The largest absolute Gasteiger partial charge is 3.00 e. The van der Waals surface area contributed by atoms with Crippen molar-refractivity contribution in [1.29, 1.82) is 0 Å². The summed E-state index contributed by atoms with van der Waals surface area (Å²) >= 11 is 0. The maximum Gasteiger partial charge on any atom is 3.00 e. The Labute approximate surface area is 196 Å². The molecule has 0 fully saturated rings. The molecule has 3 aromatic rings. The molecule has 0 aromatic heterocycles. The van der Waals surface area contributed by atoms with Crippen molar-refractivity contribution in [3.63, 3.8) is 0 Å². The Bertz CT molecular complexity index is 813. The summed E-state index contributed by atoms with van der Waals surface area (Å²) in [5.74, 6) is 0.298. The minimum absolute atomic E-state index is 0. The summed E-state index contributed by atoms with van der Waals surface area (Å²) in [6.07, 6.45) is 7.20. The standard InChI is InChI=1S/3C9H10O.Al/c3*1-2-5-8-6-3-4-7-9(8)10;/h3*2-4,6-7,10H,1,5H2;/q;;;+3/p-3. The molecule has 0 saturated heterocycles. The summed E-state index contributed by atoms with van der Waals surface area (Å²) in [5, 5.41) is 32.9. The molecule has 3 rings (SSSR count). The summed E-state index contributed by atoms with van der Waals surface area (Å²) in [4.78, 5) is 0. The smallest absolute Gasteiger partial charge is 0.872 e. The van der Waals surface area contributed by atoms with Crippen molar-refractivity contribution in [2.24, 2.45) is 0 Å². The summed E-state index contributed by atoms with van der Waals surface area (Å²) in [5.41, 5.74) is 2.45. The van der Waals surface area contributed by atoms with Crippen molar-refractivity contribution in [1.82, 2.24) is 0 Å². The third-order valence-corrected chi connectivity index (χ3v) is 4.01. The Morgan fingerprint density at radius 3 is 0.903 bits per heavy atom. The third kappa shape index (κ3) is 11.0. The Morgan fingerprint density at radius 1 is 0.484 bits per heavy atom. The molecule has 3 aromatic carbocycles. The summed E-state index contributed by atoms with van der Waals surface area (Å²) in [6, 6.07) is 21.0. The molecule has 0 heterocycles. The first-order chi connectivity index (χ1) is 14.5. The van der Waals surface area contributed by atoms with E-state index < -0.39 is 0 Å². The second kappa shape index (κ2) is 16.6. The van der Waals surface area contributed by atoms with Gasteiger partial charge in [0.25, 0.3) is 0 Å². The molecular weight excluding hydrogens is 399 g/mol. The van der Waals surface area contributed by atoms with Gasteiger partial charge in [-0.05, 0) is 19.3 Å². The Hall–Kier alpha value is -3.19. The fraction of sp³-hybridized carbons (Fsp3) is 0.111. The molecule has 4 heteroatoms. The second-order valence-electron chi connectivity index (χ2n) is 6.30. The van der Waals surface area contributed by atoms with Crippen molar-refractivity contribution in [2.45, 2.75) is 19.3 Å². The monoisotopic (exact) mass is 426 g/mol. The van der Waals surface area contributed by atoms with Gasteiger partial charge in [-0.2, -0.15) is 0 Å². The van der Waals surface area contributed by atoms with E-state index in [2.05, 4.69) is 19.7 Å². The molecule has 0 atom stereocenters. The quantitative estimate of drug-likeness (QED) is 0.440. The van der Waals surface area contributed by atoms with E-state index in [0.29, 0.717) is 19.3 Å². The molecule has 0 aliphatic rings. The molecule has 0 radical (unpaired) electrons. The molecule has 0 N–H and O–H groups in total. The topological polar surface area (TPSA) is 69.2 Å². The van der Waals surface area contributed by atoms with Crippen molar-refractivity contribution in [3.8, 4) is 17.2 Å². The SMILES string of the molecule is C=CCc1ccccc1[O-].C=CCc1ccccc1[O-].C=CCc1ccccc1[O-].[Al+3]. The third-order valence-electron chi connectivity index (χ3n) is 4.01. The zero-order valence-electron chi connectivity index (χ0n) is 17.7. The van der Waals surface area contributed by atoms with Crippen LogP contribution in [0, 0.1) is 0 Å². The molecular formula is C27H27AlO3. The van der Waals surface area contributed by atoms with Crippen molar-refractivity contribution in [3.05, 3.63) is 127 Å². The van der Waals surface area contributed by atoms with Gasteiger partial charge in [0.2, 0.25) is 0 Å². The Kier molecular flexibility index (Phi) is 14.9. The van der Waals surface area contributed by atoms with E-state index in [1.807, 2.05) is 36.4 Å². The number of para-hydroxylation sites is 3. The maximum absolute atomic E-state index is 11.0. The van der Waals surface area contributed by atoms with Gasteiger partial charge in [0.05, 0.1) is 0 Å². The number of hydrogen-bond donors (Lipinski definition) is 0. The van der Waals surface area contributed by atoms with Gasteiger partial charge < -0.3 is 15.3 Å². The number of hydrogen-bond acceptors (Lipinski definition) is 3. The van der Waals surface area contributed by atoms with Gasteiger partial charge in [0.15, 0.2) is 0 Å². The number of benzene rings is 3. The molecule has 31 heavy (non-hydrogen) atoms. The van der Waals surface area contributed by atoms with Crippen LogP contribution in [0.3, 0.4) is 0 Å². The van der Waals surface area contributed by atoms with Gasteiger partial charge in [-0.15, -0.1) is 37.0 Å². The van der Waals surface area contributed by atoms with Crippen LogP contribution in [0.5, 0.6) is 17.2 Å². The van der Waals surface area contributed by atoms with Crippen LogP contribution in [-0.4, -0.2) is 17.4 Å². The van der Waals surface area contributed by atoms with Crippen molar-refractivity contribution in [2.75, 3.05) is 0 Å². The molecule has 0 unspecified atom stereocenters.